The average molecular weight is 535 g/mol. The Balaban J connectivity index is 0.000000395. The van der Waals surface area contributed by atoms with E-state index >= 15 is 0 Å². The number of aliphatic hydroxyl groups excluding tert-OH is 2. The van der Waals surface area contributed by atoms with Crippen molar-refractivity contribution in [1.29, 1.82) is 0 Å². The molecule has 0 atom stereocenters. The van der Waals surface area contributed by atoms with Crippen LogP contribution in [0.5, 0.6) is 0 Å². The molecule has 0 spiro atoms. The first-order chi connectivity index (χ1) is 18.5. The molecular formula is C33H43ClN2O2. The fourth-order valence-electron chi connectivity index (χ4n) is 3.38. The summed E-state index contributed by atoms with van der Waals surface area (Å²) in [5.74, 6) is 0.581. The minimum atomic E-state index is 0.219. The van der Waals surface area contributed by atoms with Gasteiger partial charge in [-0.1, -0.05) is 111 Å². The summed E-state index contributed by atoms with van der Waals surface area (Å²) in [7, 11) is 0. The van der Waals surface area contributed by atoms with E-state index < -0.39 is 0 Å². The van der Waals surface area contributed by atoms with E-state index in [-0.39, 0.29) is 13.2 Å². The Morgan fingerprint density at radius 2 is 1.00 bits per heavy atom. The summed E-state index contributed by atoms with van der Waals surface area (Å²) in [5, 5.41) is 17.1. The molecule has 0 saturated carbocycles. The standard InChI is InChI=1S/C21H25NO.C9H9Cl.C3H9NO/c1-3-18-6-10-20(11-7-18)16-22(14-5-15-23)17-21-12-8-19(4-2)9-13-21;1-2-8-3-5-9(7-10)6-4-8;4-2-1-3-5/h3-4,6-13,23H,1-2,5,14-17H2;2-6H,1,7H2;5H,1-4H2. The Labute approximate surface area is 234 Å². The second-order valence-corrected chi connectivity index (χ2v) is 8.89. The summed E-state index contributed by atoms with van der Waals surface area (Å²) in [6.45, 7) is 14.9. The molecule has 0 fully saturated rings. The zero-order valence-corrected chi connectivity index (χ0v) is 23.2. The van der Waals surface area contributed by atoms with Crippen LogP contribution in [0.4, 0.5) is 0 Å². The molecule has 0 bridgehead atoms. The van der Waals surface area contributed by atoms with Gasteiger partial charge in [-0.05, 0) is 52.8 Å². The topological polar surface area (TPSA) is 69.7 Å². The van der Waals surface area contributed by atoms with Gasteiger partial charge in [0, 0.05) is 38.7 Å². The molecule has 0 amide bonds. The van der Waals surface area contributed by atoms with Gasteiger partial charge in [0.15, 0.2) is 0 Å². The predicted molar refractivity (Wildman–Crippen MR) is 166 cm³/mol. The first kappa shape index (κ1) is 33.0. The van der Waals surface area contributed by atoms with Crippen molar-refractivity contribution in [3.63, 3.8) is 0 Å². The number of nitrogens with two attached hydrogens (primary N) is 1. The highest BCUT2D eigenvalue weighted by molar-refractivity contribution is 6.17. The van der Waals surface area contributed by atoms with Gasteiger partial charge in [0.1, 0.15) is 0 Å². The quantitative estimate of drug-likeness (QED) is 0.212. The second-order valence-electron chi connectivity index (χ2n) is 8.62. The van der Waals surface area contributed by atoms with E-state index in [1.165, 1.54) is 11.1 Å². The highest BCUT2D eigenvalue weighted by atomic mass is 35.5. The summed E-state index contributed by atoms with van der Waals surface area (Å²) in [4.78, 5) is 2.36. The molecule has 4 nitrogen and oxygen atoms in total. The molecule has 4 N–H and O–H groups in total. The van der Waals surface area contributed by atoms with Crippen LogP contribution in [-0.4, -0.2) is 41.4 Å². The van der Waals surface area contributed by atoms with Crippen molar-refractivity contribution in [2.45, 2.75) is 31.8 Å². The van der Waals surface area contributed by atoms with Gasteiger partial charge in [0.2, 0.25) is 0 Å². The van der Waals surface area contributed by atoms with Crippen LogP contribution in [0.2, 0.25) is 0 Å². The summed E-state index contributed by atoms with van der Waals surface area (Å²) >= 11 is 5.60. The van der Waals surface area contributed by atoms with Crippen molar-refractivity contribution in [1.82, 2.24) is 4.90 Å². The van der Waals surface area contributed by atoms with Crippen LogP contribution in [0.15, 0.2) is 92.5 Å². The lowest BCUT2D eigenvalue weighted by Gasteiger charge is -2.22. The summed E-state index contributed by atoms with van der Waals surface area (Å²) in [5.41, 5.74) is 12.1. The molecule has 0 unspecified atom stereocenters. The number of benzene rings is 3. The molecule has 3 aromatic rings. The smallest absolute Gasteiger partial charge is 0.0474 e. The maximum absolute atomic E-state index is 9.14. The maximum Gasteiger partial charge on any atom is 0.0474 e. The van der Waals surface area contributed by atoms with Crippen molar-refractivity contribution in [2.75, 3.05) is 26.3 Å². The fourth-order valence-corrected chi connectivity index (χ4v) is 3.56. The van der Waals surface area contributed by atoms with E-state index in [4.69, 9.17) is 27.5 Å². The van der Waals surface area contributed by atoms with Gasteiger partial charge in [-0.15, -0.1) is 11.6 Å². The highest BCUT2D eigenvalue weighted by Gasteiger charge is 2.07. The first-order valence-electron chi connectivity index (χ1n) is 12.9. The van der Waals surface area contributed by atoms with Crippen LogP contribution in [0.25, 0.3) is 18.2 Å². The number of aliphatic hydroxyl groups is 2. The normalized spacial score (nSPS) is 10.0. The molecular weight excluding hydrogens is 492 g/mol. The minimum Gasteiger partial charge on any atom is -0.396 e. The lowest BCUT2D eigenvalue weighted by Crippen LogP contribution is -2.24. The van der Waals surface area contributed by atoms with Gasteiger partial charge in [0.05, 0.1) is 0 Å². The van der Waals surface area contributed by atoms with Gasteiger partial charge in [-0.3, -0.25) is 4.90 Å². The van der Waals surface area contributed by atoms with Crippen molar-refractivity contribution in [3.05, 3.63) is 126 Å². The van der Waals surface area contributed by atoms with Crippen molar-refractivity contribution in [2.24, 2.45) is 5.73 Å². The van der Waals surface area contributed by atoms with E-state index in [1.807, 2.05) is 42.5 Å². The van der Waals surface area contributed by atoms with E-state index in [0.29, 0.717) is 12.4 Å². The molecule has 0 aliphatic carbocycles. The second kappa shape index (κ2) is 21.0. The van der Waals surface area contributed by atoms with Crippen LogP contribution >= 0.6 is 11.6 Å². The molecule has 0 saturated heterocycles. The van der Waals surface area contributed by atoms with E-state index in [9.17, 15) is 0 Å². The summed E-state index contributed by atoms with van der Waals surface area (Å²) < 4.78 is 0. The third-order valence-electron chi connectivity index (χ3n) is 5.61. The SMILES string of the molecule is C=Cc1ccc(CCl)cc1.C=Cc1ccc(CN(CCCO)Cc2ccc(C=C)cc2)cc1.NCCCO. The predicted octanol–water partition coefficient (Wildman–Crippen LogP) is 6.75. The zero-order valence-electron chi connectivity index (χ0n) is 22.4. The Bertz CT molecular complexity index is 977. The van der Waals surface area contributed by atoms with Gasteiger partial charge in [0.25, 0.3) is 0 Å². The number of hydrogen-bond donors (Lipinski definition) is 3. The third kappa shape index (κ3) is 14.1. The largest absolute Gasteiger partial charge is 0.396 e. The number of nitrogens with zero attached hydrogens (tertiary/aromatic N) is 1. The van der Waals surface area contributed by atoms with Gasteiger partial charge >= 0.3 is 0 Å². The van der Waals surface area contributed by atoms with Crippen LogP contribution in [0.3, 0.4) is 0 Å². The Kier molecular flexibility index (Phi) is 18.3. The molecule has 3 aromatic carbocycles. The van der Waals surface area contributed by atoms with Crippen molar-refractivity contribution in [3.8, 4) is 0 Å². The van der Waals surface area contributed by atoms with Crippen LogP contribution < -0.4 is 5.73 Å². The Hall–Kier alpha value is -2.99. The number of alkyl halides is 1. The lowest BCUT2D eigenvalue weighted by atomic mass is 10.1. The van der Waals surface area contributed by atoms with Gasteiger partial charge in [-0.2, -0.15) is 0 Å². The lowest BCUT2D eigenvalue weighted by molar-refractivity contribution is 0.212. The molecule has 5 heteroatoms. The van der Waals surface area contributed by atoms with E-state index in [1.54, 1.807) is 0 Å². The number of rotatable bonds is 13. The van der Waals surface area contributed by atoms with Crippen LogP contribution in [0.1, 0.15) is 46.2 Å². The highest BCUT2D eigenvalue weighted by Crippen LogP contribution is 2.14. The number of halogens is 1. The molecule has 3 rings (SSSR count). The van der Waals surface area contributed by atoms with E-state index in [0.717, 1.165) is 54.7 Å². The minimum absolute atomic E-state index is 0.219. The molecule has 0 aliphatic rings. The molecule has 0 radical (unpaired) electrons. The van der Waals surface area contributed by atoms with Gasteiger partial charge < -0.3 is 15.9 Å². The molecule has 0 aromatic heterocycles. The van der Waals surface area contributed by atoms with E-state index in [2.05, 4.69) is 73.2 Å². The fraction of sp³-hybridized carbons (Fsp3) is 0.273. The van der Waals surface area contributed by atoms with Gasteiger partial charge in [-0.25, -0.2) is 0 Å². The van der Waals surface area contributed by atoms with Crippen LogP contribution in [0, 0.1) is 0 Å². The monoisotopic (exact) mass is 534 g/mol. The van der Waals surface area contributed by atoms with Crippen LogP contribution in [-0.2, 0) is 19.0 Å². The zero-order chi connectivity index (χ0) is 28.0. The average Bonchev–Trinajstić information content (AvgIpc) is 2.98. The Morgan fingerprint density at radius 3 is 1.26 bits per heavy atom. The summed E-state index contributed by atoms with van der Waals surface area (Å²) in [6, 6.07) is 24.9. The molecule has 38 heavy (non-hydrogen) atoms. The molecule has 0 aliphatic heterocycles. The summed E-state index contributed by atoms with van der Waals surface area (Å²) in [6.07, 6.45) is 7.04. The third-order valence-corrected chi connectivity index (χ3v) is 5.92. The Morgan fingerprint density at radius 1 is 0.632 bits per heavy atom. The molecule has 204 valence electrons. The maximum atomic E-state index is 9.14. The molecule has 0 heterocycles. The first-order valence-corrected chi connectivity index (χ1v) is 13.4. The van der Waals surface area contributed by atoms with Crippen molar-refractivity contribution >= 4 is 29.8 Å². The van der Waals surface area contributed by atoms with Crippen molar-refractivity contribution < 1.29 is 10.2 Å². The number of hydrogen-bond acceptors (Lipinski definition) is 4.